The largest absolute Gasteiger partial charge is 0.476 e. The first-order valence-electron chi connectivity index (χ1n) is 10.9. The van der Waals surface area contributed by atoms with E-state index in [4.69, 9.17) is 5.11 Å². The van der Waals surface area contributed by atoms with Gasteiger partial charge < -0.3 is 14.9 Å². The Kier molecular flexibility index (Phi) is 6.33. The number of benzene rings is 1. The highest BCUT2D eigenvalue weighted by Crippen LogP contribution is 2.35. The van der Waals surface area contributed by atoms with Crippen molar-refractivity contribution in [2.75, 3.05) is 37.6 Å². The first-order chi connectivity index (χ1) is 15.6. The number of anilines is 1. The number of nitrogens with zero attached hydrogens (tertiary/aromatic N) is 5. The normalized spacial score (nSPS) is 19.8. The van der Waals surface area contributed by atoms with Crippen LogP contribution in [-0.2, 0) is 12.7 Å². The summed E-state index contributed by atoms with van der Waals surface area (Å²) in [5.74, 6) is -1.20. The number of carboxylic acid groups (broad SMARTS) is 1. The number of alkyl halides is 3. The molecule has 0 aliphatic carbocycles. The maximum atomic E-state index is 13.3. The molecule has 1 aromatic carbocycles. The van der Waals surface area contributed by atoms with Crippen LogP contribution in [0.25, 0.3) is 0 Å². The number of carbonyl (C=O) groups excluding carboxylic acids is 1. The van der Waals surface area contributed by atoms with Gasteiger partial charge in [0.1, 0.15) is 0 Å². The van der Waals surface area contributed by atoms with E-state index in [-0.39, 0.29) is 11.7 Å². The molecular weight excluding hydrogens is 439 g/mol. The van der Waals surface area contributed by atoms with E-state index >= 15 is 0 Å². The average Bonchev–Trinajstić information content (AvgIpc) is 3.45. The Morgan fingerprint density at radius 1 is 1.12 bits per heavy atom. The fourth-order valence-electron chi connectivity index (χ4n) is 4.50. The molecule has 0 bridgehead atoms. The van der Waals surface area contributed by atoms with Gasteiger partial charge in [0.15, 0.2) is 5.69 Å². The minimum absolute atomic E-state index is 0.173. The molecule has 8 nitrogen and oxygen atoms in total. The standard InChI is InChI=1S/C22H26F3N5O3/c1-15-13-27(10-11-29(15)21(33)30-9-6-18(26-30)20(31)32)14-16-4-5-17(22(23,24)25)12-19(16)28-7-2-3-8-28/h4-6,9,12,15H,2-3,7-8,10-11,13-14H2,1H3,(H,31,32). The van der Waals surface area contributed by atoms with Crippen molar-refractivity contribution in [3.05, 3.63) is 47.3 Å². The number of hydrogen-bond donors (Lipinski definition) is 1. The van der Waals surface area contributed by atoms with Crippen molar-refractivity contribution in [3.63, 3.8) is 0 Å². The Morgan fingerprint density at radius 2 is 1.85 bits per heavy atom. The highest BCUT2D eigenvalue weighted by Gasteiger charge is 2.33. The van der Waals surface area contributed by atoms with E-state index in [0.717, 1.165) is 42.2 Å². The van der Waals surface area contributed by atoms with E-state index < -0.39 is 23.7 Å². The zero-order valence-electron chi connectivity index (χ0n) is 18.3. The van der Waals surface area contributed by atoms with E-state index in [2.05, 4.69) is 10.00 Å². The Morgan fingerprint density at radius 3 is 2.45 bits per heavy atom. The molecule has 0 spiro atoms. The summed E-state index contributed by atoms with van der Waals surface area (Å²) < 4.78 is 40.9. The highest BCUT2D eigenvalue weighted by atomic mass is 19.4. The van der Waals surface area contributed by atoms with Gasteiger partial charge in [0.2, 0.25) is 0 Å². The van der Waals surface area contributed by atoms with Crippen LogP contribution in [0.5, 0.6) is 0 Å². The second kappa shape index (κ2) is 9.05. The summed E-state index contributed by atoms with van der Waals surface area (Å²) >= 11 is 0. The molecule has 11 heteroatoms. The molecule has 2 saturated heterocycles. The molecule has 0 saturated carbocycles. The fourth-order valence-corrected chi connectivity index (χ4v) is 4.50. The minimum Gasteiger partial charge on any atom is -0.476 e. The lowest BCUT2D eigenvalue weighted by Gasteiger charge is -2.40. The molecule has 3 heterocycles. The Labute approximate surface area is 189 Å². The topological polar surface area (TPSA) is 81.9 Å². The molecule has 1 amide bonds. The summed E-state index contributed by atoms with van der Waals surface area (Å²) in [6.45, 7) is 5.36. The average molecular weight is 465 g/mol. The van der Waals surface area contributed by atoms with Crippen LogP contribution in [0.2, 0.25) is 0 Å². The van der Waals surface area contributed by atoms with Crippen molar-refractivity contribution in [1.82, 2.24) is 19.6 Å². The van der Waals surface area contributed by atoms with Crippen molar-refractivity contribution < 1.29 is 27.9 Å². The van der Waals surface area contributed by atoms with Crippen LogP contribution in [-0.4, -0.2) is 75.5 Å². The third kappa shape index (κ3) is 4.97. The lowest BCUT2D eigenvalue weighted by molar-refractivity contribution is -0.137. The Hall–Kier alpha value is -3.08. The van der Waals surface area contributed by atoms with Gasteiger partial charge in [-0.1, -0.05) is 6.07 Å². The van der Waals surface area contributed by atoms with Gasteiger partial charge in [0.05, 0.1) is 5.56 Å². The third-order valence-electron chi connectivity index (χ3n) is 6.21. The lowest BCUT2D eigenvalue weighted by atomic mass is 10.1. The monoisotopic (exact) mass is 465 g/mol. The smallest absolute Gasteiger partial charge is 0.416 e. The van der Waals surface area contributed by atoms with E-state index in [9.17, 15) is 22.8 Å². The number of aromatic carboxylic acids is 1. The molecule has 2 fully saturated rings. The number of hydrogen-bond acceptors (Lipinski definition) is 5. The second-order valence-electron chi connectivity index (χ2n) is 8.55. The number of carbonyl (C=O) groups is 2. The number of rotatable bonds is 4. The summed E-state index contributed by atoms with van der Waals surface area (Å²) in [6, 6.07) is 4.65. The summed E-state index contributed by atoms with van der Waals surface area (Å²) in [7, 11) is 0. The first kappa shape index (κ1) is 23.1. The van der Waals surface area contributed by atoms with Gasteiger partial charge in [-0.2, -0.15) is 23.0 Å². The Bertz CT molecular complexity index is 1030. The van der Waals surface area contributed by atoms with Crippen LogP contribution in [0.4, 0.5) is 23.7 Å². The first-order valence-corrected chi connectivity index (χ1v) is 10.9. The number of carboxylic acids is 1. The van der Waals surface area contributed by atoms with Crippen molar-refractivity contribution in [3.8, 4) is 0 Å². The van der Waals surface area contributed by atoms with Gasteiger partial charge in [-0.25, -0.2) is 9.59 Å². The molecule has 2 aromatic rings. The SMILES string of the molecule is CC1CN(Cc2ccc(C(F)(F)F)cc2N2CCCC2)CCN1C(=O)n1ccc(C(=O)O)n1. The predicted octanol–water partition coefficient (Wildman–Crippen LogP) is 3.37. The van der Waals surface area contributed by atoms with Crippen LogP contribution < -0.4 is 4.90 Å². The summed E-state index contributed by atoms with van der Waals surface area (Å²) in [6.07, 6.45) is -1.13. The van der Waals surface area contributed by atoms with E-state index in [1.807, 2.05) is 11.8 Å². The maximum Gasteiger partial charge on any atom is 0.416 e. The molecule has 1 aromatic heterocycles. The summed E-state index contributed by atoms with van der Waals surface area (Å²) in [5.41, 5.74) is 0.629. The molecule has 4 rings (SSSR count). The summed E-state index contributed by atoms with van der Waals surface area (Å²) in [4.78, 5) is 29.6. The highest BCUT2D eigenvalue weighted by molar-refractivity contribution is 5.86. The van der Waals surface area contributed by atoms with Crippen molar-refractivity contribution in [2.45, 2.75) is 38.5 Å². The van der Waals surface area contributed by atoms with Crippen LogP contribution >= 0.6 is 0 Å². The van der Waals surface area contributed by atoms with Gasteiger partial charge in [-0.05, 0) is 43.5 Å². The summed E-state index contributed by atoms with van der Waals surface area (Å²) in [5, 5.41) is 12.8. The zero-order valence-corrected chi connectivity index (χ0v) is 18.3. The number of aromatic nitrogens is 2. The van der Waals surface area contributed by atoms with E-state index in [0.29, 0.717) is 31.9 Å². The van der Waals surface area contributed by atoms with Crippen LogP contribution in [0.1, 0.15) is 41.4 Å². The third-order valence-corrected chi connectivity index (χ3v) is 6.21. The van der Waals surface area contributed by atoms with Crippen molar-refractivity contribution in [1.29, 1.82) is 0 Å². The van der Waals surface area contributed by atoms with Crippen LogP contribution in [0.15, 0.2) is 30.5 Å². The quantitative estimate of drug-likeness (QED) is 0.746. The number of amides is 1. The van der Waals surface area contributed by atoms with E-state index in [1.165, 1.54) is 18.3 Å². The molecular formula is C22H26F3N5O3. The maximum absolute atomic E-state index is 13.3. The predicted molar refractivity (Wildman–Crippen MR) is 114 cm³/mol. The number of piperazine rings is 1. The van der Waals surface area contributed by atoms with Gasteiger partial charge in [0.25, 0.3) is 0 Å². The van der Waals surface area contributed by atoms with Crippen molar-refractivity contribution >= 4 is 17.7 Å². The molecule has 178 valence electrons. The minimum atomic E-state index is -4.39. The van der Waals surface area contributed by atoms with Gasteiger partial charge in [-0.3, -0.25) is 4.90 Å². The zero-order chi connectivity index (χ0) is 23.8. The lowest BCUT2D eigenvalue weighted by Crippen LogP contribution is -2.54. The molecule has 2 aliphatic heterocycles. The molecule has 33 heavy (non-hydrogen) atoms. The van der Waals surface area contributed by atoms with Gasteiger partial charge in [-0.15, -0.1) is 0 Å². The number of halogens is 3. The van der Waals surface area contributed by atoms with Gasteiger partial charge >= 0.3 is 18.2 Å². The molecule has 1 atom stereocenters. The van der Waals surface area contributed by atoms with Gasteiger partial charge in [0, 0.05) is 57.2 Å². The molecule has 1 unspecified atom stereocenters. The van der Waals surface area contributed by atoms with Crippen LogP contribution in [0.3, 0.4) is 0 Å². The Balaban J connectivity index is 1.46. The molecule has 2 aliphatic rings. The van der Waals surface area contributed by atoms with Crippen molar-refractivity contribution in [2.24, 2.45) is 0 Å². The van der Waals surface area contributed by atoms with Crippen LogP contribution in [0, 0.1) is 0 Å². The molecule has 0 radical (unpaired) electrons. The van der Waals surface area contributed by atoms with E-state index in [1.54, 1.807) is 11.0 Å². The fraction of sp³-hybridized carbons (Fsp3) is 0.500. The molecule has 1 N–H and O–H groups in total. The second-order valence-corrected chi connectivity index (χ2v) is 8.55.